The van der Waals surface area contributed by atoms with Crippen molar-refractivity contribution in [2.24, 2.45) is 5.92 Å². The number of carbonyl (C=O) groups excluding carboxylic acids is 4. The van der Waals surface area contributed by atoms with Crippen molar-refractivity contribution in [1.82, 2.24) is 20.0 Å². The van der Waals surface area contributed by atoms with Gasteiger partial charge in [-0.2, -0.15) is 0 Å². The van der Waals surface area contributed by atoms with Gasteiger partial charge in [0.15, 0.2) is 5.76 Å². The molecule has 0 radical (unpaired) electrons. The number of hydrogen-bond acceptors (Lipinski definition) is 5. The molecule has 1 aromatic heterocycles. The lowest BCUT2D eigenvalue weighted by Gasteiger charge is -2.38. The van der Waals surface area contributed by atoms with Gasteiger partial charge in [-0.3, -0.25) is 14.4 Å². The molecule has 0 aromatic carbocycles. The topological polar surface area (TPSA) is 103 Å². The molecule has 2 aliphatic heterocycles. The molecule has 1 aliphatic carbocycles. The van der Waals surface area contributed by atoms with E-state index in [1.807, 2.05) is 6.92 Å². The average Bonchev–Trinajstić information content (AvgIpc) is 3.36. The number of carbonyl (C=O) groups is 4. The van der Waals surface area contributed by atoms with Crippen molar-refractivity contribution in [3.8, 4) is 0 Å². The van der Waals surface area contributed by atoms with E-state index in [2.05, 4.69) is 5.32 Å². The Labute approximate surface area is 175 Å². The van der Waals surface area contributed by atoms with Crippen molar-refractivity contribution in [2.75, 3.05) is 26.2 Å². The Hall–Kier alpha value is -2.84. The number of furan rings is 1. The fraction of sp³-hybridized carbons (Fsp3) is 0.619. The highest BCUT2D eigenvalue weighted by molar-refractivity contribution is 6.10. The molecule has 162 valence electrons. The van der Waals surface area contributed by atoms with Gasteiger partial charge in [0.25, 0.3) is 11.8 Å². The van der Waals surface area contributed by atoms with Crippen LogP contribution in [0, 0.1) is 5.92 Å². The summed E-state index contributed by atoms with van der Waals surface area (Å²) in [4.78, 5) is 55.7. The number of piperazine rings is 1. The molecule has 4 rings (SSSR count). The summed E-state index contributed by atoms with van der Waals surface area (Å²) in [7, 11) is 0. The van der Waals surface area contributed by atoms with Gasteiger partial charge in [-0.05, 0) is 37.8 Å². The minimum absolute atomic E-state index is 0.0474. The van der Waals surface area contributed by atoms with E-state index < -0.39 is 17.6 Å². The molecular weight excluding hydrogens is 388 g/mol. The summed E-state index contributed by atoms with van der Waals surface area (Å²) in [5, 5.41) is 2.90. The largest absolute Gasteiger partial charge is 0.459 e. The lowest BCUT2D eigenvalue weighted by molar-refractivity contribution is -0.145. The van der Waals surface area contributed by atoms with Crippen molar-refractivity contribution in [1.29, 1.82) is 0 Å². The molecule has 1 spiro atoms. The highest BCUT2D eigenvalue weighted by Crippen LogP contribution is 2.38. The van der Waals surface area contributed by atoms with Gasteiger partial charge in [0.05, 0.1) is 6.26 Å². The molecule has 1 N–H and O–H groups in total. The van der Waals surface area contributed by atoms with Crippen LogP contribution in [0.15, 0.2) is 22.8 Å². The second-order valence-corrected chi connectivity index (χ2v) is 8.49. The summed E-state index contributed by atoms with van der Waals surface area (Å²) in [5.41, 5.74) is -0.877. The normalized spacial score (nSPS) is 28.1. The smallest absolute Gasteiger partial charge is 0.325 e. The summed E-state index contributed by atoms with van der Waals surface area (Å²) in [6.45, 7) is 5.04. The van der Waals surface area contributed by atoms with E-state index in [-0.39, 0.29) is 29.4 Å². The Morgan fingerprint density at radius 2 is 1.87 bits per heavy atom. The van der Waals surface area contributed by atoms with Crippen LogP contribution in [0.5, 0.6) is 0 Å². The monoisotopic (exact) mass is 416 g/mol. The average molecular weight is 416 g/mol. The first-order valence-electron chi connectivity index (χ1n) is 10.6. The Morgan fingerprint density at radius 3 is 2.50 bits per heavy atom. The molecular formula is C21H28N4O5. The fourth-order valence-electron chi connectivity index (χ4n) is 4.87. The molecule has 9 heteroatoms. The minimum Gasteiger partial charge on any atom is -0.459 e. The van der Waals surface area contributed by atoms with Gasteiger partial charge in [0, 0.05) is 26.2 Å². The Balaban J connectivity index is 1.40. The van der Waals surface area contributed by atoms with Crippen LogP contribution in [0.3, 0.4) is 0 Å². The third kappa shape index (κ3) is 3.26. The van der Waals surface area contributed by atoms with Crippen molar-refractivity contribution in [3.05, 3.63) is 24.2 Å². The van der Waals surface area contributed by atoms with Crippen molar-refractivity contribution in [3.63, 3.8) is 0 Å². The number of imide groups is 1. The predicted octanol–water partition coefficient (Wildman–Crippen LogP) is 1.45. The summed E-state index contributed by atoms with van der Waals surface area (Å²) in [5.74, 6) is -0.445. The van der Waals surface area contributed by atoms with Crippen LogP contribution in [-0.4, -0.2) is 76.2 Å². The molecule has 0 unspecified atom stereocenters. The molecule has 3 fully saturated rings. The van der Waals surface area contributed by atoms with E-state index in [1.54, 1.807) is 28.9 Å². The Kier molecular flexibility index (Phi) is 5.29. The van der Waals surface area contributed by atoms with E-state index in [9.17, 15) is 19.2 Å². The fourth-order valence-corrected chi connectivity index (χ4v) is 4.87. The first-order chi connectivity index (χ1) is 14.3. The quantitative estimate of drug-likeness (QED) is 0.752. The zero-order chi connectivity index (χ0) is 21.5. The zero-order valence-corrected chi connectivity index (χ0v) is 17.4. The first kappa shape index (κ1) is 20.4. The van der Waals surface area contributed by atoms with Crippen molar-refractivity contribution >= 4 is 23.8 Å². The third-order valence-corrected chi connectivity index (χ3v) is 6.80. The second-order valence-electron chi connectivity index (χ2n) is 8.49. The lowest BCUT2D eigenvalue weighted by atomic mass is 9.73. The Morgan fingerprint density at radius 1 is 1.17 bits per heavy atom. The van der Waals surface area contributed by atoms with Gasteiger partial charge in [0.2, 0.25) is 5.91 Å². The van der Waals surface area contributed by atoms with E-state index in [0.717, 1.165) is 24.2 Å². The molecule has 3 atom stereocenters. The van der Waals surface area contributed by atoms with E-state index >= 15 is 0 Å². The molecule has 30 heavy (non-hydrogen) atoms. The van der Waals surface area contributed by atoms with Crippen LogP contribution < -0.4 is 5.32 Å². The van der Waals surface area contributed by atoms with Crippen LogP contribution in [0.25, 0.3) is 0 Å². The minimum atomic E-state index is -0.877. The first-order valence-corrected chi connectivity index (χ1v) is 10.6. The highest BCUT2D eigenvalue weighted by atomic mass is 16.3. The van der Waals surface area contributed by atoms with Crippen molar-refractivity contribution < 1.29 is 23.6 Å². The van der Waals surface area contributed by atoms with Crippen LogP contribution in [-0.2, 0) is 9.59 Å². The number of rotatable bonds is 3. The molecule has 2 saturated heterocycles. The van der Waals surface area contributed by atoms with Gasteiger partial charge < -0.3 is 19.5 Å². The second kappa shape index (κ2) is 7.77. The summed E-state index contributed by atoms with van der Waals surface area (Å²) in [6, 6.07) is 1.91. The number of amides is 5. The predicted molar refractivity (Wildman–Crippen MR) is 106 cm³/mol. The maximum Gasteiger partial charge on any atom is 0.325 e. The van der Waals surface area contributed by atoms with E-state index in [0.29, 0.717) is 32.6 Å². The standard InChI is InChI=1S/C21H28N4O5/c1-14-6-3-4-8-21(14)19(28)25(20(29)22-21)15(2)17(26)23-9-11-24(12-10-23)18(27)16-7-5-13-30-16/h5,7,13-15H,3-4,6,8-12H2,1-2H3,(H,22,29)/t14-,15-,21-/m0/s1. The highest BCUT2D eigenvalue weighted by Gasteiger charge is 2.57. The number of urea groups is 1. The Bertz CT molecular complexity index is 846. The molecule has 0 bridgehead atoms. The van der Waals surface area contributed by atoms with Gasteiger partial charge in [-0.25, -0.2) is 9.69 Å². The van der Waals surface area contributed by atoms with Gasteiger partial charge in [-0.15, -0.1) is 0 Å². The number of nitrogens with zero attached hydrogens (tertiary/aromatic N) is 3. The zero-order valence-electron chi connectivity index (χ0n) is 17.4. The van der Waals surface area contributed by atoms with Crippen LogP contribution in [0.1, 0.15) is 50.1 Å². The van der Waals surface area contributed by atoms with Crippen LogP contribution in [0.4, 0.5) is 4.79 Å². The summed E-state index contributed by atoms with van der Waals surface area (Å²) in [6.07, 6.45) is 4.88. The molecule has 1 saturated carbocycles. The maximum absolute atomic E-state index is 13.2. The molecule has 9 nitrogen and oxygen atoms in total. The van der Waals surface area contributed by atoms with E-state index in [4.69, 9.17) is 4.42 Å². The summed E-state index contributed by atoms with van der Waals surface area (Å²) < 4.78 is 5.16. The van der Waals surface area contributed by atoms with Crippen molar-refractivity contribution in [2.45, 2.75) is 51.1 Å². The summed E-state index contributed by atoms with van der Waals surface area (Å²) >= 11 is 0. The van der Waals surface area contributed by atoms with Gasteiger partial charge in [0.1, 0.15) is 11.6 Å². The SMILES string of the molecule is C[C@@H](C(=O)N1CCN(C(=O)c2ccco2)CC1)N1C(=O)N[C@]2(CCCC[C@@H]2C)C1=O. The number of hydrogen-bond donors (Lipinski definition) is 1. The molecule has 5 amide bonds. The van der Waals surface area contributed by atoms with Crippen LogP contribution in [0.2, 0.25) is 0 Å². The molecule has 1 aromatic rings. The van der Waals surface area contributed by atoms with Gasteiger partial charge in [-0.1, -0.05) is 19.8 Å². The molecule has 3 heterocycles. The number of nitrogens with one attached hydrogen (secondary N) is 1. The maximum atomic E-state index is 13.2. The lowest BCUT2D eigenvalue weighted by Crippen LogP contribution is -2.57. The van der Waals surface area contributed by atoms with Gasteiger partial charge >= 0.3 is 6.03 Å². The van der Waals surface area contributed by atoms with E-state index in [1.165, 1.54) is 6.26 Å². The molecule has 3 aliphatic rings. The third-order valence-electron chi connectivity index (χ3n) is 6.80. The van der Waals surface area contributed by atoms with Crippen LogP contribution >= 0.6 is 0 Å².